The molecule has 0 aromatic heterocycles. The maximum absolute atomic E-state index is 13.8. The van der Waals surface area contributed by atoms with E-state index in [0.29, 0.717) is 14.8 Å². The Balaban J connectivity index is 2.13. The van der Waals surface area contributed by atoms with E-state index >= 15 is 0 Å². The van der Waals surface area contributed by atoms with Crippen molar-refractivity contribution in [2.75, 3.05) is 5.32 Å². The number of nitrogens with one attached hydrogen (secondary N) is 1. The van der Waals surface area contributed by atoms with Crippen molar-refractivity contribution in [2.24, 2.45) is 5.73 Å². The first-order chi connectivity index (χ1) is 9.47. The zero-order chi connectivity index (χ0) is 14.7. The van der Waals surface area contributed by atoms with Gasteiger partial charge in [-0.15, -0.1) is 0 Å². The third kappa shape index (κ3) is 3.44. The zero-order valence-corrected chi connectivity index (χ0v) is 12.4. The normalized spacial score (nSPS) is 10.3. The van der Waals surface area contributed by atoms with Crippen molar-refractivity contribution in [1.82, 2.24) is 0 Å². The Kier molecular flexibility index (Phi) is 4.53. The van der Waals surface area contributed by atoms with Gasteiger partial charge in [-0.1, -0.05) is 6.07 Å². The first-order valence-electron chi connectivity index (χ1n) is 5.74. The molecule has 104 valence electrons. The summed E-state index contributed by atoms with van der Waals surface area (Å²) in [6.07, 6.45) is 0. The average Bonchev–Trinajstić information content (AvgIpc) is 2.38. The van der Waals surface area contributed by atoms with Crippen molar-refractivity contribution in [1.29, 1.82) is 0 Å². The number of anilines is 1. The molecule has 2 rings (SSSR count). The number of rotatable bonds is 4. The standard InChI is InChI=1S/C14H11F2IN2O/c15-10-3-4-13(12(17)6-10)19-7-9-2-1-8(14(18)20)5-11(9)16/h1-6,19H,7H2,(H2,18,20). The highest BCUT2D eigenvalue weighted by Gasteiger charge is 2.08. The Hall–Kier alpha value is -1.70. The van der Waals surface area contributed by atoms with Crippen LogP contribution in [0.1, 0.15) is 15.9 Å². The van der Waals surface area contributed by atoms with E-state index in [1.807, 2.05) is 22.6 Å². The number of halogens is 3. The van der Waals surface area contributed by atoms with Crippen molar-refractivity contribution in [2.45, 2.75) is 6.54 Å². The van der Waals surface area contributed by atoms with Crippen LogP contribution in [0.3, 0.4) is 0 Å². The molecule has 0 aliphatic carbocycles. The molecule has 0 bridgehead atoms. The summed E-state index contributed by atoms with van der Waals surface area (Å²) in [7, 11) is 0. The minimum atomic E-state index is -0.670. The van der Waals surface area contributed by atoms with Gasteiger partial charge >= 0.3 is 0 Å². The molecule has 0 radical (unpaired) electrons. The summed E-state index contributed by atoms with van der Waals surface area (Å²) < 4.78 is 27.4. The molecule has 2 aromatic rings. The van der Waals surface area contributed by atoms with Gasteiger partial charge in [0.25, 0.3) is 0 Å². The quantitative estimate of drug-likeness (QED) is 0.791. The molecule has 3 nitrogen and oxygen atoms in total. The summed E-state index contributed by atoms with van der Waals surface area (Å²) in [5.74, 6) is -1.50. The van der Waals surface area contributed by atoms with Crippen molar-refractivity contribution < 1.29 is 13.6 Å². The zero-order valence-electron chi connectivity index (χ0n) is 10.3. The van der Waals surface area contributed by atoms with Gasteiger partial charge in [-0.3, -0.25) is 4.79 Å². The molecular formula is C14H11F2IN2O. The average molecular weight is 388 g/mol. The molecule has 6 heteroatoms. The SMILES string of the molecule is NC(=O)c1ccc(CNc2ccc(F)cc2I)c(F)c1. The second kappa shape index (κ2) is 6.17. The van der Waals surface area contributed by atoms with Gasteiger partial charge in [0.05, 0.1) is 0 Å². The maximum atomic E-state index is 13.8. The topological polar surface area (TPSA) is 55.1 Å². The Morgan fingerprint density at radius 2 is 1.95 bits per heavy atom. The largest absolute Gasteiger partial charge is 0.380 e. The van der Waals surface area contributed by atoms with Gasteiger partial charge in [-0.05, 0) is 52.9 Å². The van der Waals surface area contributed by atoms with Crippen LogP contribution >= 0.6 is 22.6 Å². The van der Waals surface area contributed by atoms with E-state index in [2.05, 4.69) is 5.32 Å². The number of benzene rings is 2. The van der Waals surface area contributed by atoms with Crippen LogP contribution in [-0.2, 0) is 6.54 Å². The predicted molar refractivity (Wildman–Crippen MR) is 81.4 cm³/mol. The Labute approximate surface area is 128 Å². The fourth-order valence-electron chi connectivity index (χ4n) is 1.67. The molecule has 0 unspecified atom stereocenters. The number of primary amides is 1. The van der Waals surface area contributed by atoms with Crippen molar-refractivity contribution in [3.63, 3.8) is 0 Å². The lowest BCUT2D eigenvalue weighted by Crippen LogP contribution is -2.12. The van der Waals surface area contributed by atoms with Gasteiger partial charge in [0, 0.05) is 26.9 Å². The maximum Gasteiger partial charge on any atom is 0.248 e. The second-order valence-corrected chi connectivity index (χ2v) is 5.31. The van der Waals surface area contributed by atoms with Gasteiger partial charge < -0.3 is 11.1 Å². The summed E-state index contributed by atoms with van der Waals surface area (Å²) in [6, 6.07) is 8.38. The first kappa shape index (κ1) is 14.7. The van der Waals surface area contributed by atoms with Gasteiger partial charge in [0.15, 0.2) is 0 Å². The van der Waals surface area contributed by atoms with Gasteiger partial charge in [0.1, 0.15) is 11.6 Å². The lowest BCUT2D eigenvalue weighted by molar-refractivity contribution is 0.1000. The molecule has 0 atom stereocenters. The van der Waals surface area contributed by atoms with Crippen LogP contribution < -0.4 is 11.1 Å². The number of carbonyl (C=O) groups excluding carboxylic acids is 1. The van der Waals surface area contributed by atoms with E-state index in [9.17, 15) is 13.6 Å². The molecule has 0 aliphatic heterocycles. The highest BCUT2D eigenvalue weighted by atomic mass is 127. The van der Waals surface area contributed by atoms with E-state index < -0.39 is 11.7 Å². The molecular weight excluding hydrogens is 377 g/mol. The van der Waals surface area contributed by atoms with Gasteiger partial charge in [-0.2, -0.15) is 0 Å². The fourth-order valence-corrected chi connectivity index (χ4v) is 2.34. The monoisotopic (exact) mass is 388 g/mol. The summed E-state index contributed by atoms with van der Waals surface area (Å²) in [5.41, 5.74) is 6.31. The van der Waals surface area contributed by atoms with E-state index in [4.69, 9.17) is 5.73 Å². The van der Waals surface area contributed by atoms with E-state index in [1.54, 1.807) is 6.07 Å². The summed E-state index contributed by atoms with van der Waals surface area (Å²) in [6.45, 7) is 0.229. The predicted octanol–water partition coefficient (Wildman–Crippen LogP) is 3.28. The third-order valence-electron chi connectivity index (χ3n) is 2.74. The van der Waals surface area contributed by atoms with Crippen LogP contribution in [0.5, 0.6) is 0 Å². The van der Waals surface area contributed by atoms with Crippen LogP contribution in [0.25, 0.3) is 0 Å². The number of nitrogens with two attached hydrogens (primary N) is 1. The number of amides is 1. The third-order valence-corrected chi connectivity index (χ3v) is 3.63. The summed E-state index contributed by atoms with van der Waals surface area (Å²) in [5, 5.41) is 3.02. The molecule has 0 saturated heterocycles. The smallest absolute Gasteiger partial charge is 0.248 e. The number of hydrogen-bond acceptors (Lipinski definition) is 2. The van der Waals surface area contributed by atoms with Crippen LogP contribution in [0.2, 0.25) is 0 Å². The molecule has 20 heavy (non-hydrogen) atoms. The van der Waals surface area contributed by atoms with Crippen molar-refractivity contribution >= 4 is 34.2 Å². The van der Waals surface area contributed by atoms with Gasteiger partial charge in [0.2, 0.25) is 5.91 Å². The van der Waals surface area contributed by atoms with Crippen molar-refractivity contribution in [3.05, 3.63) is 62.7 Å². The highest BCUT2D eigenvalue weighted by Crippen LogP contribution is 2.20. The van der Waals surface area contributed by atoms with Crippen LogP contribution in [0, 0.1) is 15.2 Å². The molecule has 2 aromatic carbocycles. The lowest BCUT2D eigenvalue weighted by Gasteiger charge is -2.10. The van der Waals surface area contributed by atoms with Crippen LogP contribution in [0.4, 0.5) is 14.5 Å². The minimum absolute atomic E-state index is 0.127. The highest BCUT2D eigenvalue weighted by molar-refractivity contribution is 14.1. The van der Waals surface area contributed by atoms with Gasteiger partial charge in [-0.25, -0.2) is 8.78 Å². The first-order valence-corrected chi connectivity index (χ1v) is 6.82. The molecule has 1 amide bonds. The summed E-state index contributed by atoms with van der Waals surface area (Å²) >= 11 is 1.99. The molecule has 0 saturated carbocycles. The van der Waals surface area contributed by atoms with Crippen molar-refractivity contribution in [3.8, 4) is 0 Å². The molecule has 0 spiro atoms. The molecule has 0 aliphatic rings. The Bertz CT molecular complexity index is 662. The number of hydrogen-bond donors (Lipinski definition) is 2. The van der Waals surface area contributed by atoms with E-state index in [-0.39, 0.29) is 17.9 Å². The Morgan fingerprint density at radius 1 is 1.20 bits per heavy atom. The lowest BCUT2D eigenvalue weighted by atomic mass is 10.1. The van der Waals surface area contributed by atoms with Crippen LogP contribution in [0.15, 0.2) is 36.4 Å². The molecule has 0 fully saturated rings. The van der Waals surface area contributed by atoms with E-state index in [1.165, 1.54) is 24.3 Å². The molecule has 3 N–H and O–H groups in total. The Morgan fingerprint density at radius 3 is 2.55 bits per heavy atom. The second-order valence-electron chi connectivity index (χ2n) is 4.15. The fraction of sp³-hybridized carbons (Fsp3) is 0.0714. The number of carbonyl (C=O) groups is 1. The summed E-state index contributed by atoms with van der Waals surface area (Å²) in [4.78, 5) is 10.9. The van der Waals surface area contributed by atoms with E-state index in [0.717, 1.165) is 6.07 Å². The molecule has 0 heterocycles. The van der Waals surface area contributed by atoms with Crippen LogP contribution in [-0.4, -0.2) is 5.91 Å². The minimum Gasteiger partial charge on any atom is -0.380 e.